The fourth-order valence-corrected chi connectivity index (χ4v) is 2.73. The normalized spacial score (nSPS) is 12.0. The number of benzene rings is 2. The minimum absolute atomic E-state index is 0.0655. The van der Waals surface area contributed by atoms with Gasteiger partial charge in [0.2, 0.25) is 0 Å². The number of fused-ring (bicyclic) bond motifs is 1. The summed E-state index contributed by atoms with van der Waals surface area (Å²) in [7, 11) is 1.35. The molecule has 0 aliphatic carbocycles. The second kappa shape index (κ2) is 8.60. The van der Waals surface area contributed by atoms with E-state index in [0.29, 0.717) is 11.3 Å². The lowest BCUT2D eigenvalue weighted by atomic mass is 10.2. The van der Waals surface area contributed by atoms with Gasteiger partial charge in [-0.1, -0.05) is 24.3 Å². The average Bonchev–Trinajstić information content (AvgIpc) is 3.11. The molecule has 0 saturated heterocycles. The zero-order valence-electron chi connectivity index (χ0n) is 15.4. The van der Waals surface area contributed by atoms with Crippen LogP contribution in [0.5, 0.6) is 11.5 Å². The van der Waals surface area contributed by atoms with Crippen LogP contribution < -0.4 is 20.1 Å². The number of para-hydroxylation sites is 1. The molecule has 0 aliphatic rings. The van der Waals surface area contributed by atoms with Crippen LogP contribution in [0.15, 0.2) is 52.9 Å². The number of hydrogen-bond donors (Lipinski definition) is 2. The zero-order chi connectivity index (χ0) is 20.1. The Morgan fingerprint density at radius 1 is 1.14 bits per heavy atom. The van der Waals surface area contributed by atoms with Crippen molar-refractivity contribution in [2.75, 3.05) is 7.11 Å². The number of hydrogen-bond acceptors (Lipinski definition) is 4. The molecule has 0 spiro atoms. The van der Waals surface area contributed by atoms with E-state index in [1.54, 1.807) is 6.07 Å². The molecular formula is C20H20F2N2O4. The quantitative estimate of drug-likeness (QED) is 0.618. The van der Waals surface area contributed by atoms with E-state index >= 15 is 0 Å². The van der Waals surface area contributed by atoms with Crippen LogP contribution in [-0.2, 0) is 6.54 Å². The molecule has 0 unspecified atom stereocenters. The summed E-state index contributed by atoms with van der Waals surface area (Å²) in [5.74, 6) is 0.742. The van der Waals surface area contributed by atoms with Crippen molar-refractivity contribution in [3.8, 4) is 11.5 Å². The van der Waals surface area contributed by atoms with Crippen molar-refractivity contribution >= 4 is 17.0 Å². The molecule has 0 radical (unpaired) electrons. The molecule has 6 nitrogen and oxygen atoms in total. The fourth-order valence-electron chi connectivity index (χ4n) is 2.73. The molecule has 2 amide bonds. The maximum absolute atomic E-state index is 12.4. The van der Waals surface area contributed by atoms with Gasteiger partial charge in [-0.05, 0) is 36.8 Å². The monoisotopic (exact) mass is 390 g/mol. The Labute approximate surface area is 160 Å². The Hall–Kier alpha value is -3.29. The van der Waals surface area contributed by atoms with Crippen molar-refractivity contribution < 1.29 is 27.5 Å². The summed E-state index contributed by atoms with van der Waals surface area (Å²) in [6.07, 6.45) is 0. The Kier molecular flexibility index (Phi) is 5.98. The number of urea groups is 1. The van der Waals surface area contributed by atoms with E-state index in [2.05, 4.69) is 15.4 Å². The van der Waals surface area contributed by atoms with E-state index < -0.39 is 6.61 Å². The molecule has 28 heavy (non-hydrogen) atoms. The average molecular weight is 390 g/mol. The molecule has 1 heterocycles. The molecule has 2 aromatic carbocycles. The Morgan fingerprint density at radius 2 is 1.93 bits per heavy atom. The van der Waals surface area contributed by atoms with Gasteiger partial charge in [-0.15, -0.1) is 0 Å². The predicted molar refractivity (Wildman–Crippen MR) is 99.6 cm³/mol. The van der Waals surface area contributed by atoms with E-state index in [-0.39, 0.29) is 30.1 Å². The number of alkyl halides is 2. The summed E-state index contributed by atoms with van der Waals surface area (Å²) in [4.78, 5) is 12.2. The van der Waals surface area contributed by atoms with Gasteiger partial charge in [0.05, 0.1) is 13.2 Å². The highest BCUT2D eigenvalue weighted by molar-refractivity contribution is 5.78. The topological polar surface area (TPSA) is 72.7 Å². The van der Waals surface area contributed by atoms with Crippen molar-refractivity contribution in [1.29, 1.82) is 0 Å². The standard InChI is InChI=1S/C20H20F2N2O4/c1-12(17-10-14-5-3-4-6-15(14)27-17)24-20(25)23-11-13-7-8-16(28-19(21)22)18(9-13)26-2/h3-10,12,19H,11H2,1-2H3,(H2,23,24,25)/t12-/m1/s1. The summed E-state index contributed by atoms with van der Waals surface area (Å²) in [6.45, 7) is -0.941. The molecule has 8 heteroatoms. The maximum atomic E-state index is 12.4. The molecule has 0 bridgehead atoms. The summed E-state index contributed by atoms with van der Waals surface area (Å²) in [6, 6.07) is 13.2. The van der Waals surface area contributed by atoms with E-state index in [0.717, 1.165) is 11.0 Å². The second-order valence-corrected chi connectivity index (χ2v) is 6.10. The zero-order valence-corrected chi connectivity index (χ0v) is 15.4. The third kappa shape index (κ3) is 4.70. The maximum Gasteiger partial charge on any atom is 0.387 e. The smallest absolute Gasteiger partial charge is 0.387 e. The summed E-state index contributed by atoms with van der Waals surface area (Å²) in [5.41, 5.74) is 1.43. The van der Waals surface area contributed by atoms with Crippen LogP contribution >= 0.6 is 0 Å². The molecule has 1 atom stereocenters. The van der Waals surface area contributed by atoms with Crippen LogP contribution in [0, 0.1) is 0 Å². The molecule has 1 aromatic heterocycles. The first-order chi connectivity index (χ1) is 13.5. The van der Waals surface area contributed by atoms with Gasteiger partial charge in [-0.3, -0.25) is 0 Å². The Balaban J connectivity index is 1.57. The van der Waals surface area contributed by atoms with Crippen LogP contribution in [0.1, 0.15) is 24.3 Å². The Morgan fingerprint density at radius 3 is 2.64 bits per heavy atom. The molecule has 0 saturated carbocycles. The molecule has 0 fully saturated rings. The van der Waals surface area contributed by atoms with Crippen LogP contribution in [0.25, 0.3) is 11.0 Å². The summed E-state index contributed by atoms with van der Waals surface area (Å²) < 4.78 is 39.9. The van der Waals surface area contributed by atoms with Crippen molar-refractivity contribution in [3.63, 3.8) is 0 Å². The van der Waals surface area contributed by atoms with Crippen LogP contribution in [-0.4, -0.2) is 19.8 Å². The highest BCUT2D eigenvalue weighted by Gasteiger charge is 2.15. The van der Waals surface area contributed by atoms with Crippen molar-refractivity contribution in [2.45, 2.75) is 26.1 Å². The molecule has 3 rings (SSSR count). The number of methoxy groups -OCH3 is 1. The Bertz CT molecular complexity index is 925. The van der Waals surface area contributed by atoms with E-state index in [1.807, 2.05) is 37.3 Å². The predicted octanol–water partition coefficient (Wildman–Crippen LogP) is 4.60. The molecular weight excluding hydrogens is 370 g/mol. The van der Waals surface area contributed by atoms with Crippen molar-refractivity contribution in [3.05, 3.63) is 59.9 Å². The van der Waals surface area contributed by atoms with Gasteiger partial charge in [0.1, 0.15) is 11.3 Å². The number of furan rings is 1. The number of nitrogens with one attached hydrogen (secondary N) is 2. The minimum atomic E-state index is -2.94. The number of rotatable bonds is 7. The van der Waals surface area contributed by atoms with Crippen LogP contribution in [0.4, 0.5) is 13.6 Å². The fraction of sp³-hybridized carbons (Fsp3) is 0.250. The largest absolute Gasteiger partial charge is 0.493 e. The van der Waals surface area contributed by atoms with E-state index in [1.165, 1.54) is 19.2 Å². The lowest BCUT2D eigenvalue weighted by Crippen LogP contribution is -2.36. The summed E-state index contributed by atoms with van der Waals surface area (Å²) in [5, 5.41) is 6.47. The number of amides is 2. The minimum Gasteiger partial charge on any atom is -0.493 e. The van der Waals surface area contributed by atoms with Crippen molar-refractivity contribution in [2.24, 2.45) is 0 Å². The van der Waals surface area contributed by atoms with Gasteiger partial charge in [-0.25, -0.2) is 4.79 Å². The SMILES string of the molecule is COc1cc(CNC(=O)N[C@H](C)c2cc3ccccc3o2)ccc1OC(F)F. The van der Waals surface area contributed by atoms with Gasteiger partial charge in [0.15, 0.2) is 11.5 Å². The van der Waals surface area contributed by atoms with Gasteiger partial charge in [0, 0.05) is 11.9 Å². The third-order valence-corrected chi connectivity index (χ3v) is 4.12. The lowest BCUT2D eigenvalue weighted by Gasteiger charge is -2.14. The number of ether oxygens (including phenoxy) is 2. The third-order valence-electron chi connectivity index (χ3n) is 4.12. The van der Waals surface area contributed by atoms with Gasteiger partial charge in [-0.2, -0.15) is 8.78 Å². The first kappa shape index (κ1) is 19.5. The van der Waals surface area contributed by atoms with Crippen LogP contribution in [0.3, 0.4) is 0 Å². The molecule has 3 aromatic rings. The van der Waals surface area contributed by atoms with Gasteiger partial charge >= 0.3 is 12.6 Å². The van der Waals surface area contributed by atoms with Crippen molar-refractivity contribution in [1.82, 2.24) is 10.6 Å². The number of carbonyl (C=O) groups excluding carboxylic acids is 1. The second-order valence-electron chi connectivity index (χ2n) is 6.10. The van der Waals surface area contributed by atoms with Gasteiger partial charge < -0.3 is 24.5 Å². The summed E-state index contributed by atoms with van der Waals surface area (Å²) >= 11 is 0. The van der Waals surface area contributed by atoms with E-state index in [9.17, 15) is 13.6 Å². The molecule has 0 aliphatic heterocycles. The highest BCUT2D eigenvalue weighted by atomic mass is 19.3. The van der Waals surface area contributed by atoms with E-state index in [4.69, 9.17) is 9.15 Å². The van der Waals surface area contributed by atoms with Gasteiger partial charge in [0.25, 0.3) is 0 Å². The first-order valence-electron chi connectivity index (χ1n) is 8.61. The number of carbonyl (C=O) groups is 1. The molecule has 2 N–H and O–H groups in total. The lowest BCUT2D eigenvalue weighted by molar-refractivity contribution is -0.0512. The highest BCUT2D eigenvalue weighted by Crippen LogP contribution is 2.29. The first-order valence-corrected chi connectivity index (χ1v) is 8.61. The molecule has 148 valence electrons. The number of halogens is 2. The van der Waals surface area contributed by atoms with Crippen LogP contribution in [0.2, 0.25) is 0 Å².